The third-order valence-corrected chi connectivity index (χ3v) is 2.57. The van der Waals surface area contributed by atoms with E-state index in [2.05, 4.69) is 5.32 Å². The molecular weight excluding hydrogens is 266 g/mol. The summed E-state index contributed by atoms with van der Waals surface area (Å²) in [5.74, 6) is -0.882. The Balaban J connectivity index is 2.39. The van der Waals surface area contributed by atoms with Gasteiger partial charge in [-0.15, -0.1) is 0 Å². The van der Waals surface area contributed by atoms with Crippen LogP contribution in [0.15, 0.2) is 30.3 Å². The van der Waals surface area contributed by atoms with Gasteiger partial charge in [0.1, 0.15) is 0 Å². The summed E-state index contributed by atoms with van der Waals surface area (Å²) in [6.07, 6.45) is 3.63. The number of ether oxygens (including phenoxy) is 1. The molecule has 0 saturated carbocycles. The number of hydrogen-bond donors (Lipinski definition) is 1. The van der Waals surface area contributed by atoms with Crippen LogP contribution in [0.2, 0.25) is 5.02 Å². The lowest BCUT2D eigenvalue weighted by molar-refractivity contribution is -0.143. The van der Waals surface area contributed by atoms with E-state index in [1.54, 1.807) is 24.3 Å². The Kier molecular flexibility index (Phi) is 6.68. The summed E-state index contributed by atoms with van der Waals surface area (Å²) in [6.45, 7) is 2.25. The number of halogens is 1. The summed E-state index contributed by atoms with van der Waals surface area (Å²) in [7, 11) is 0. The Hall–Kier alpha value is -1.81. The van der Waals surface area contributed by atoms with Crippen molar-refractivity contribution in [3.8, 4) is 0 Å². The molecule has 0 heterocycles. The predicted molar refractivity (Wildman–Crippen MR) is 74.7 cm³/mol. The van der Waals surface area contributed by atoms with Crippen LogP contribution in [0.1, 0.15) is 18.9 Å². The average Bonchev–Trinajstić information content (AvgIpc) is 2.42. The van der Waals surface area contributed by atoms with Gasteiger partial charge in [0.2, 0.25) is 0 Å². The van der Waals surface area contributed by atoms with E-state index in [4.69, 9.17) is 16.3 Å². The van der Waals surface area contributed by atoms with Gasteiger partial charge >= 0.3 is 5.97 Å². The summed E-state index contributed by atoms with van der Waals surface area (Å²) in [5.41, 5.74) is 0.719. The first-order chi connectivity index (χ1) is 9.13. The van der Waals surface area contributed by atoms with E-state index in [0.29, 0.717) is 11.6 Å². The Morgan fingerprint density at radius 3 is 2.79 bits per heavy atom. The summed E-state index contributed by atoms with van der Waals surface area (Å²) in [5, 5.41) is 3.16. The average molecular weight is 282 g/mol. The van der Waals surface area contributed by atoms with Gasteiger partial charge in [0.15, 0.2) is 6.61 Å². The van der Waals surface area contributed by atoms with E-state index in [-0.39, 0.29) is 12.5 Å². The molecule has 1 rings (SSSR count). The lowest BCUT2D eigenvalue weighted by Gasteiger charge is -2.03. The number of esters is 1. The fraction of sp³-hybridized carbons (Fsp3) is 0.286. The highest BCUT2D eigenvalue weighted by Gasteiger charge is 2.04. The molecule has 1 aromatic carbocycles. The Morgan fingerprint density at radius 2 is 2.11 bits per heavy atom. The van der Waals surface area contributed by atoms with E-state index in [9.17, 15) is 9.59 Å². The van der Waals surface area contributed by atoms with Crippen LogP contribution >= 0.6 is 11.6 Å². The van der Waals surface area contributed by atoms with Crippen molar-refractivity contribution in [1.29, 1.82) is 0 Å². The molecule has 0 aliphatic heterocycles. The van der Waals surface area contributed by atoms with Gasteiger partial charge in [0.25, 0.3) is 5.91 Å². The zero-order valence-corrected chi connectivity index (χ0v) is 11.4. The number of hydrogen-bond acceptors (Lipinski definition) is 3. The summed E-state index contributed by atoms with van der Waals surface area (Å²) >= 11 is 5.92. The monoisotopic (exact) mass is 281 g/mol. The molecule has 0 atom stereocenters. The molecule has 0 radical (unpaired) electrons. The van der Waals surface area contributed by atoms with E-state index in [1.165, 1.54) is 6.08 Å². The molecular formula is C14H16ClNO3. The number of amides is 1. The fourth-order valence-corrected chi connectivity index (χ4v) is 1.47. The lowest BCUT2D eigenvalue weighted by Crippen LogP contribution is -2.28. The van der Waals surface area contributed by atoms with Gasteiger partial charge in [-0.3, -0.25) is 4.79 Å². The summed E-state index contributed by atoms with van der Waals surface area (Å²) < 4.78 is 4.78. The molecule has 5 heteroatoms. The molecule has 0 unspecified atom stereocenters. The first kappa shape index (κ1) is 15.2. The van der Waals surface area contributed by atoms with Gasteiger partial charge < -0.3 is 10.1 Å². The third-order valence-electron chi connectivity index (χ3n) is 2.22. The highest BCUT2D eigenvalue weighted by atomic mass is 35.5. The van der Waals surface area contributed by atoms with E-state index >= 15 is 0 Å². The molecule has 0 spiro atoms. The zero-order chi connectivity index (χ0) is 14.1. The van der Waals surface area contributed by atoms with Crippen LogP contribution in [0.3, 0.4) is 0 Å². The maximum atomic E-state index is 11.4. The van der Waals surface area contributed by atoms with Crippen LogP contribution < -0.4 is 5.32 Å². The minimum absolute atomic E-state index is 0.272. The van der Waals surface area contributed by atoms with Crippen LogP contribution in [-0.2, 0) is 14.3 Å². The minimum atomic E-state index is -0.577. The standard InChI is InChI=1S/C14H16ClNO3/c1-2-9-16-13(17)10-19-14(18)8-7-11-5-3-4-6-12(11)15/h3-8H,2,9-10H2,1H3,(H,16,17). The maximum Gasteiger partial charge on any atom is 0.331 e. The molecule has 1 N–H and O–H groups in total. The second kappa shape index (κ2) is 8.32. The highest BCUT2D eigenvalue weighted by molar-refractivity contribution is 6.32. The molecule has 0 aliphatic rings. The Labute approximate surface area is 117 Å². The highest BCUT2D eigenvalue weighted by Crippen LogP contribution is 2.16. The maximum absolute atomic E-state index is 11.4. The van der Waals surface area contributed by atoms with Crippen LogP contribution in [0.4, 0.5) is 0 Å². The van der Waals surface area contributed by atoms with Crippen LogP contribution in [0, 0.1) is 0 Å². The van der Waals surface area contributed by atoms with E-state index in [1.807, 2.05) is 13.0 Å². The van der Waals surface area contributed by atoms with Crippen LogP contribution in [0.25, 0.3) is 6.08 Å². The molecule has 0 saturated heterocycles. The van der Waals surface area contributed by atoms with Crippen LogP contribution in [0.5, 0.6) is 0 Å². The van der Waals surface area contributed by atoms with Crippen molar-refractivity contribution < 1.29 is 14.3 Å². The van der Waals surface area contributed by atoms with Gasteiger partial charge in [-0.1, -0.05) is 36.7 Å². The number of nitrogens with one attached hydrogen (secondary N) is 1. The van der Waals surface area contributed by atoms with Gasteiger partial charge in [-0.05, 0) is 24.1 Å². The summed E-state index contributed by atoms with van der Waals surface area (Å²) in [6, 6.07) is 7.12. The molecule has 4 nitrogen and oxygen atoms in total. The molecule has 0 aliphatic carbocycles. The molecule has 102 valence electrons. The first-order valence-electron chi connectivity index (χ1n) is 5.99. The first-order valence-corrected chi connectivity index (χ1v) is 6.37. The molecule has 1 aromatic rings. The van der Waals surface area contributed by atoms with Crippen molar-refractivity contribution in [3.63, 3.8) is 0 Å². The quantitative estimate of drug-likeness (QED) is 0.643. The molecule has 0 fully saturated rings. The second-order valence-electron chi connectivity index (χ2n) is 3.81. The summed E-state index contributed by atoms with van der Waals surface area (Å²) in [4.78, 5) is 22.6. The normalized spacial score (nSPS) is 10.4. The smallest absolute Gasteiger partial charge is 0.331 e. The van der Waals surface area contributed by atoms with Crippen molar-refractivity contribution in [1.82, 2.24) is 5.32 Å². The van der Waals surface area contributed by atoms with Crippen molar-refractivity contribution in [2.45, 2.75) is 13.3 Å². The predicted octanol–water partition coefficient (Wildman–Crippen LogP) is 2.42. The number of carbonyl (C=O) groups is 2. The lowest BCUT2D eigenvalue weighted by atomic mass is 10.2. The molecule has 1 amide bonds. The SMILES string of the molecule is CCCNC(=O)COC(=O)C=Cc1ccccc1Cl. The van der Waals surface area contributed by atoms with E-state index in [0.717, 1.165) is 12.0 Å². The molecule has 0 bridgehead atoms. The van der Waals surface area contributed by atoms with Crippen molar-refractivity contribution in [2.75, 3.05) is 13.2 Å². The van der Waals surface area contributed by atoms with Gasteiger partial charge in [-0.2, -0.15) is 0 Å². The minimum Gasteiger partial charge on any atom is -0.452 e. The van der Waals surface area contributed by atoms with Gasteiger partial charge in [0, 0.05) is 17.6 Å². The van der Waals surface area contributed by atoms with Gasteiger partial charge in [-0.25, -0.2) is 4.79 Å². The van der Waals surface area contributed by atoms with E-state index < -0.39 is 5.97 Å². The Bertz CT molecular complexity index is 472. The second-order valence-corrected chi connectivity index (χ2v) is 4.22. The third kappa shape index (κ3) is 6.06. The number of carbonyl (C=O) groups excluding carboxylic acids is 2. The van der Waals surface area contributed by atoms with Crippen LogP contribution in [-0.4, -0.2) is 25.0 Å². The molecule has 19 heavy (non-hydrogen) atoms. The van der Waals surface area contributed by atoms with Crippen molar-refractivity contribution in [3.05, 3.63) is 40.9 Å². The number of rotatable bonds is 6. The van der Waals surface area contributed by atoms with Gasteiger partial charge in [0.05, 0.1) is 0 Å². The topological polar surface area (TPSA) is 55.4 Å². The van der Waals surface area contributed by atoms with Crippen molar-refractivity contribution >= 4 is 29.6 Å². The zero-order valence-electron chi connectivity index (χ0n) is 10.7. The Morgan fingerprint density at radius 1 is 1.37 bits per heavy atom. The van der Waals surface area contributed by atoms with Crippen molar-refractivity contribution in [2.24, 2.45) is 0 Å². The fourth-order valence-electron chi connectivity index (χ4n) is 1.27. The largest absolute Gasteiger partial charge is 0.452 e. The molecule has 0 aromatic heterocycles. The number of benzene rings is 1.